The molecule has 1 amide bonds. The molecule has 0 saturated heterocycles. The molecule has 0 aliphatic carbocycles. The smallest absolute Gasteiger partial charge is 0.324 e. The molecule has 2 rings (SSSR count). The van der Waals surface area contributed by atoms with Gasteiger partial charge in [0.25, 0.3) is 5.91 Å². The standard InChI is InChI=1S/C27H34N2O5/c1-22(30)21-29-34-26(31)14-8-3-9-19-28-27(32)24-15-17-25(18-16-24)33-20-10-4-7-13-23-11-5-2-6-12-23/h2,5-6,9,11-12,15-19,29H,3-4,7-8,10,13-14,20-21H2,1H3,(H,28,32)/b19-9-. The third kappa shape index (κ3) is 12.0. The number of benzene rings is 2. The molecular weight excluding hydrogens is 432 g/mol. The van der Waals surface area contributed by atoms with E-state index in [1.165, 1.54) is 12.5 Å². The van der Waals surface area contributed by atoms with Gasteiger partial charge in [-0.25, -0.2) is 0 Å². The van der Waals surface area contributed by atoms with E-state index in [1.807, 2.05) is 6.07 Å². The fourth-order valence-corrected chi connectivity index (χ4v) is 3.08. The molecule has 0 fully saturated rings. The third-order valence-corrected chi connectivity index (χ3v) is 4.93. The number of allylic oxidation sites excluding steroid dienone is 1. The van der Waals surface area contributed by atoms with Crippen LogP contribution in [0.2, 0.25) is 0 Å². The summed E-state index contributed by atoms with van der Waals surface area (Å²) in [6.07, 6.45) is 9.09. The Hall–Kier alpha value is -3.45. The minimum Gasteiger partial charge on any atom is -0.494 e. The Morgan fingerprint density at radius 2 is 1.68 bits per heavy atom. The van der Waals surface area contributed by atoms with Gasteiger partial charge in [0.15, 0.2) is 0 Å². The Bertz CT molecular complexity index is 910. The van der Waals surface area contributed by atoms with Gasteiger partial charge in [-0.2, -0.15) is 0 Å². The predicted octanol–water partition coefficient (Wildman–Crippen LogP) is 4.53. The number of unbranched alkanes of at least 4 members (excludes halogenated alkanes) is 3. The number of nitrogens with one attached hydrogen (secondary N) is 2. The van der Waals surface area contributed by atoms with E-state index >= 15 is 0 Å². The molecule has 0 spiro atoms. The number of Topliss-reactive ketones (excluding diaryl/α,β-unsaturated/α-hetero) is 1. The fourth-order valence-electron chi connectivity index (χ4n) is 3.08. The molecule has 2 aromatic carbocycles. The van der Waals surface area contributed by atoms with Gasteiger partial charge in [-0.3, -0.25) is 14.4 Å². The number of hydrogen-bond donors (Lipinski definition) is 2. The molecule has 182 valence electrons. The number of aryl methyl sites for hydroxylation is 1. The second-order valence-electron chi connectivity index (χ2n) is 7.93. The van der Waals surface area contributed by atoms with Crippen molar-refractivity contribution in [2.75, 3.05) is 13.2 Å². The molecule has 0 aliphatic rings. The van der Waals surface area contributed by atoms with Crippen LogP contribution in [0.25, 0.3) is 0 Å². The number of hydrogen-bond acceptors (Lipinski definition) is 6. The van der Waals surface area contributed by atoms with Gasteiger partial charge in [0, 0.05) is 18.2 Å². The Morgan fingerprint density at radius 3 is 2.41 bits per heavy atom. The number of ketones is 1. The summed E-state index contributed by atoms with van der Waals surface area (Å²) in [7, 11) is 0. The van der Waals surface area contributed by atoms with Gasteiger partial charge in [-0.15, -0.1) is 5.48 Å². The van der Waals surface area contributed by atoms with Crippen LogP contribution < -0.4 is 15.5 Å². The zero-order valence-corrected chi connectivity index (χ0v) is 19.8. The first kappa shape index (κ1) is 26.8. The van der Waals surface area contributed by atoms with E-state index in [0.29, 0.717) is 25.0 Å². The van der Waals surface area contributed by atoms with Gasteiger partial charge in [-0.1, -0.05) is 36.4 Å². The molecule has 7 heteroatoms. The highest BCUT2D eigenvalue weighted by molar-refractivity contribution is 5.94. The highest BCUT2D eigenvalue weighted by atomic mass is 16.7. The number of hydroxylamine groups is 1. The van der Waals surface area contributed by atoms with Gasteiger partial charge in [-0.05, 0) is 75.3 Å². The lowest BCUT2D eigenvalue weighted by molar-refractivity contribution is -0.151. The second-order valence-corrected chi connectivity index (χ2v) is 7.93. The Morgan fingerprint density at radius 1 is 0.912 bits per heavy atom. The molecule has 0 saturated carbocycles. The van der Waals surface area contributed by atoms with Crippen molar-refractivity contribution in [3.05, 3.63) is 78.0 Å². The highest BCUT2D eigenvalue weighted by Gasteiger charge is 2.05. The first-order valence-electron chi connectivity index (χ1n) is 11.7. The Kier molecular flexibility index (Phi) is 12.8. The molecule has 0 aliphatic heterocycles. The maximum absolute atomic E-state index is 12.2. The molecule has 0 heterocycles. The highest BCUT2D eigenvalue weighted by Crippen LogP contribution is 2.13. The van der Waals surface area contributed by atoms with Gasteiger partial charge in [0.2, 0.25) is 0 Å². The minimum atomic E-state index is -0.423. The summed E-state index contributed by atoms with van der Waals surface area (Å²) in [5.41, 5.74) is 4.22. The maximum atomic E-state index is 12.2. The zero-order chi connectivity index (χ0) is 24.4. The number of rotatable bonds is 16. The lowest BCUT2D eigenvalue weighted by Gasteiger charge is -2.07. The second kappa shape index (κ2) is 16.2. The summed E-state index contributed by atoms with van der Waals surface area (Å²) in [5.74, 6) is 0.00311. The summed E-state index contributed by atoms with van der Waals surface area (Å²) in [6.45, 7) is 2.06. The largest absolute Gasteiger partial charge is 0.494 e. The summed E-state index contributed by atoms with van der Waals surface area (Å²) >= 11 is 0. The molecule has 0 radical (unpaired) electrons. The number of carbonyl (C=O) groups excluding carboxylic acids is 3. The van der Waals surface area contributed by atoms with Crippen LogP contribution in [0.4, 0.5) is 0 Å². The van der Waals surface area contributed by atoms with Crippen molar-refractivity contribution in [2.45, 2.75) is 51.9 Å². The lowest BCUT2D eigenvalue weighted by Crippen LogP contribution is -2.24. The molecular formula is C27H34N2O5. The Labute approximate surface area is 201 Å². The van der Waals surface area contributed by atoms with Crippen molar-refractivity contribution in [2.24, 2.45) is 0 Å². The van der Waals surface area contributed by atoms with Crippen LogP contribution in [0.1, 0.15) is 61.4 Å². The third-order valence-electron chi connectivity index (χ3n) is 4.93. The first-order valence-corrected chi connectivity index (χ1v) is 11.7. The molecule has 2 N–H and O–H groups in total. The molecule has 34 heavy (non-hydrogen) atoms. The predicted molar refractivity (Wildman–Crippen MR) is 131 cm³/mol. The summed E-state index contributed by atoms with van der Waals surface area (Å²) in [4.78, 5) is 39.1. The van der Waals surface area contributed by atoms with Crippen molar-refractivity contribution in [1.82, 2.24) is 10.8 Å². The van der Waals surface area contributed by atoms with E-state index < -0.39 is 5.97 Å². The number of ether oxygens (including phenoxy) is 1. The quantitative estimate of drug-likeness (QED) is 0.279. The van der Waals surface area contributed by atoms with Crippen LogP contribution in [-0.2, 0) is 20.8 Å². The summed E-state index contributed by atoms with van der Waals surface area (Å²) in [6, 6.07) is 17.5. The monoisotopic (exact) mass is 466 g/mol. The molecule has 0 unspecified atom stereocenters. The van der Waals surface area contributed by atoms with Crippen LogP contribution in [-0.4, -0.2) is 30.8 Å². The van der Waals surface area contributed by atoms with E-state index in [0.717, 1.165) is 31.4 Å². The first-order chi connectivity index (χ1) is 16.5. The van der Waals surface area contributed by atoms with E-state index in [-0.39, 0.29) is 24.7 Å². The SMILES string of the molecule is CC(=O)CNOC(=O)CCC/C=C\NC(=O)c1ccc(OCCCCCc2ccccc2)cc1. The maximum Gasteiger partial charge on any atom is 0.324 e. The van der Waals surface area contributed by atoms with Crippen LogP contribution in [0.3, 0.4) is 0 Å². The van der Waals surface area contributed by atoms with Crippen molar-refractivity contribution in [3.8, 4) is 5.75 Å². The van der Waals surface area contributed by atoms with Crippen LogP contribution in [0, 0.1) is 0 Å². The fraction of sp³-hybridized carbons (Fsp3) is 0.370. The van der Waals surface area contributed by atoms with Crippen LogP contribution >= 0.6 is 0 Å². The van der Waals surface area contributed by atoms with Gasteiger partial charge >= 0.3 is 5.97 Å². The van der Waals surface area contributed by atoms with Crippen molar-refractivity contribution < 1.29 is 24.0 Å². The number of carbonyl (C=O) groups is 3. The summed E-state index contributed by atoms with van der Waals surface area (Å²) < 4.78 is 5.77. The topological polar surface area (TPSA) is 93.7 Å². The van der Waals surface area contributed by atoms with E-state index in [2.05, 4.69) is 35.1 Å². The van der Waals surface area contributed by atoms with E-state index in [4.69, 9.17) is 9.57 Å². The zero-order valence-electron chi connectivity index (χ0n) is 19.8. The van der Waals surface area contributed by atoms with Gasteiger partial charge < -0.3 is 14.9 Å². The minimum absolute atomic E-state index is 0.0000301. The summed E-state index contributed by atoms with van der Waals surface area (Å²) in [5, 5.41) is 2.71. The molecule has 0 bridgehead atoms. The molecule has 7 nitrogen and oxygen atoms in total. The average Bonchev–Trinajstić information content (AvgIpc) is 2.84. The van der Waals surface area contributed by atoms with E-state index in [1.54, 1.807) is 36.5 Å². The van der Waals surface area contributed by atoms with Gasteiger partial charge in [0.05, 0.1) is 13.2 Å². The average molecular weight is 467 g/mol. The molecule has 2 aromatic rings. The van der Waals surface area contributed by atoms with E-state index in [9.17, 15) is 14.4 Å². The van der Waals surface area contributed by atoms with Crippen molar-refractivity contribution in [3.63, 3.8) is 0 Å². The van der Waals surface area contributed by atoms with Crippen LogP contribution in [0.5, 0.6) is 5.75 Å². The molecule has 0 atom stereocenters. The van der Waals surface area contributed by atoms with Crippen molar-refractivity contribution >= 4 is 17.7 Å². The lowest BCUT2D eigenvalue weighted by atomic mass is 10.1. The number of amides is 1. The van der Waals surface area contributed by atoms with Crippen LogP contribution in [0.15, 0.2) is 66.9 Å². The normalized spacial score (nSPS) is 10.7. The van der Waals surface area contributed by atoms with Gasteiger partial charge in [0.1, 0.15) is 11.5 Å². The van der Waals surface area contributed by atoms with Crippen molar-refractivity contribution in [1.29, 1.82) is 0 Å². The molecule has 0 aromatic heterocycles. The Balaban J connectivity index is 1.54.